The predicted octanol–water partition coefficient (Wildman–Crippen LogP) is 4.06. The number of carboxylic acid groups (broad SMARTS) is 1. The van der Waals surface area contributed by atoms with E-state index in [1.54, 1.807) is 42.1 Å². The maximum Gasteiger partial charge on any atom is 0.326 e. The number of carbonyl (C=O) groups excluding carboxylic acids is 3. The molecule has 45 heavy (non-hydrogen) atoms. The second kappa shape index (κ2) is 11.2. The van der Waals surface area contributed by atoms with Crippen molar-refractivity contribution >= 4 is 64.1 Å². The van der Waals surface area contributed by atoms with Gasteiger partial charge < -0.3 is 24.9 Å². The summed E-state index contributed by atoms with van der Waals surface area (Å²) < 4.78 is 11.5. The van der Waals surface area contributed by atoms with Crippen molar-refractivity contribution in [2.75, 3.05) is 19.0 Å². The highest BCUT2D eigenvalue weighted by Crippen LogP contribution is 2.68. The molecule has 7 unspecified atom stereocenters. The molecule has 3 aromatic rings. The molecule has 2 aliphatic carbocycles. The number of likely N-dealkylation sites (tertiary alicyclic amines) is 1. The number of aromatic nitrogens is 1. The van der Waals surface area contributed by atoms with E-state index in [1.807, 2.05) is 12.1 Å². The number of anilines is 1. The highest BCUT2D eigenvalue weighted by Gasteiger charge is 2.70. The molecule has 1 saturated heterocycles. The van der Waals surface area contributed by atoms with Gasteiger partial charge in [0.1, 0.15) is 6.04 Å². The van der Waals surface area contributed by atoms with Crippen LogP contribution in [0.3, 0.4) is 0 Å². The SMILES string of the molecule is COc1cc([C@H]2c3sc(=O)[nH]c3SC3C4CC(C5C(=O)N(C(C)C(=O)O)C(=O)C45)C32)ccc1OCC(=O)Nc1ccc(Cl)cc1. The van der Waals surface area contributed by atoms with E-state index < -0.39 is 35.7 Å². The van der Waals surface area contributed by atoms with Gasteiger partial charge in [-0.05, 0) is 73.1 Å². The molecule has 234 valence electrons. The van der Waals surface area contributed by atoms with E-state index in [1.165, 1.54) is 14.0 Å². The maximum absolute atomic E-state index is 13.6. The predicted molar refractivity (Wildman–Crippen MR) is 166 cm³/mol. The first-order chi connectivity index (χ1) is 21.6. The lowest BCUT2D eigenvalue weighted by Crippen LogP contribution is -2.44. The van der Waals surface area contributed by atoms with Gasteiger partial charge >= 0.3 is 10.8 Å². The molecule has 0 radical (unpaired) electrons. The molecule has 1 aromatic heterocycles. The third-order valence-corrected chi connectivity index (χ3v) is 12.4. The van der Waals surface area contributed by atoms with E-state index in [4.69, 9.17) is 21.1 Å². The Labute approximate surface area is 270 Å². The van der Waals surface area contributed by atoms with Crippen LogP contribution in [0.15, 0.2) is 52.3 Å². The van der Waals surface area contributed by atoms with Crippen molar-refractivity contribution in [2.24, 2.45) is 29.6 Å². The highest BCUT2D eigenvalue weighted by molar-refractivity contribution is 8.00. The van der Waals surface area contributed by atoms with Gasteiger partial charge in [-0.25, -0.2) is 4.79 Å². The number of carboxylic acids is 1. The van der Waals surface area contributed by atoms with Gasteiger partial charge in [0.05, 0.1) is 24.0 Å². The van der Waals surface area contributed by atoms with Crippen LogP contribution in [0.25, 0.3) is 0 Å². The number of aliphatic carboxylic acids is 1. The van der Waals surface area contributed by atoms with Crippen molar-refractivity contribution in [1.82, 2.24) is 9.88 Å². The summed E-state index contributed by atoms with van der Waals surface area (Å²) in [5.74, 6) is -3.41. The van der Waals surface area contributed by atoms with E-state index >= 15 is 0 Å². The topological polar surface area (TPSA) is 155 Å². The largest absolute Gasteiger partial charge is 0.493 e. The summed E-state index contributed by atoms with van der Waals surface area (Å²) in [7, 11) is 1.50. The molecule has 2 aliphatic heterocycles. The molecule has 3 heterocycles. The van der Waals surface area contributed by atoms with Gasteiger partial charge in [0.2, 0.25) is 11.8 Å². The normalized spacial score (nSPS) is 28.3. The van der Waals surface area contributed by atoms with Gasteiger partial charge in [-0.1, -0.05) is 29.0 Å². The van der Waals surface area contributed by atoms with Crippen molar-refractivity contribution in [1.29, 1.82) is 0 Å². The number of amides is 3. The Morgan fingerprint density at radius 3 is 2.49 bits per heavy atom. The minimum absolute atomic E-state index is 0.0469. The second-order valence-electron chi connectivity index (χ2n) is 11.8. The lowest BCUT2D eigenvalue weighted by molar-refractivity contribution is -0.154. The van der Waals surface area contributed by atoms with Gasteiger partial charge in [-0.3, -0.25) is 24.1 Å². The van der Waals surface area contributed by atoms with Crippen LogP contribution < -0.4 is 19.7 Å². The zero-order chi connectivity index (χ0) is 31.7. The Morgan fingerprint density at radius 2 is 1.80 bits per heavy atom. The fraction of sp³-hybridized carbons (Fsp3) is 0.387. The number of ether oxygens (including phenoxy) is 2. The molecule has 2 bridgehead atoms. The standard InChI is InChI=1S/C31H28ClN3O8S2/c1-12(30(39)40)35-28(37)23-16-10-17(24(23)29(35)38)25-22(16)21(26-27(44-25)34-31(41)45-26)13-3-8-18(19(9-13)42-2)43-11-20(36)33-15-6-4-14(32)5-7-15/h3-9,12,16-17,21-25H,10-11H2,1-2H3,(H,33,36)(H,34,41)(H,39,40)/t12?,16?,17?,21-,22?,23?,24?,25?/m1/s1. The van der Waals surface area contributed by atoms with Crippen molar-refractivity contribution < 1.29 is 33.8 Å². The van der Waals surface area contributed by atoms with Gasteiger partial charge in [0.15, 0.2) is 18.1 Å². The average molecular weight is 670 g/mol. The number of methoxy groups -OCH3 is 1. The monoisotopic (exact) mass is 669 g/mol. The molecule has 11 nitrogen and oxygen atoms in total. The van der Waals surface area contributed by atoms with Gasteiger partial charge in [0.25, 0.3) is 5.91 Å². The summed E-state index contributed by atoms with van der Waals surface area (Å²) in [6, 6.07) is 10.9. The number of thioether (sulfide) groups is 1. The molecule has 0 spiro atoms. The van der Waals surface area contributed by atoms with Crippen LogP contribution in [0.2, 0.25) is 5.02 Å². The Morgan fingerprint density at radius 1 is 1.09 bits per heavy atom. The molecule has 2 saturated carbocycles. The quantitative estimate of drug-likeness (QED) is 0.301. The van der Waals surface area contributed by atoms with Gasteiger partial charge in [-0.2, -0.15) is 0 Å². The number of hydrogen-bond donors (Lipinski definition) is 3. The van der Waals surface area contributed by atoms with E-state index in [2.05, 4.69) is 10.3 Å². The number of fused-ring (bicyclic) bond motifs is 9. The smallest absolute Gasteiger partial charge is 0.326 e. The third-order valence-electron chi connectivity index (χ3n) is 9.54. The summed E-state index contributed by atoms with van der Waals surface area (Å²) in [5.41, 5.74) is 1.44. The van der Waals surface area contributed by atoms with Crippen molar-refractivity contribution in [3.63, 3.8) is 0 Å². The molecule has 2 aromatic carbocycles. The number of rotatable bonds is 8. The van der Waals surface area contributed by atoms with E-state index in [0.29, 0.717) is 28.6 Å². The van der Waals surface area contributed by atoms with Crippen LogP contribution in [0.5, 0.6) is 11.5 Å². The summed E-state index contributed by atoms with van der Waals surface area (Å²) in [4.78, 5) is 68.5. The number of hydrogen-bond acceptors (Lipinski definition) is 9. The lowest BCUT2D eigenvalue weighted by atomic mass is 9.68. The molecular weight excluding hydrogens is 642 g/mol. The Kier molecular flexibility index (Phi) is 7.45. The zero-order valence-corrected chi connectivity index (χ0v) is 26.4. The van der Waals surface area contributed by atoms with Crippen LogP contribution in [-0.4, -0.2) is 63.7 Å². The first kappa shape index (κ1) is 29.9. The third kappa shape index (κ3) is 4.83. The minimum Gasteiger partial charge on any atom is -0.493 e. The van der Waals surface area contributed by atoms with Gasteiger partial charge in [0, 0.05) is 26.8 Å². The number of benzene rings is 2. The number of halogens is 1. The van der Waals surface area contributed by atoms with E-state index in [9.17, 15) is 29.1 Å². The second-order valence-corrected chi connectivity index (χ2v) is 14.4. The molecule has 14 heteroatoms. The number of H-pyrrole nitrogens is 1. The number of thiazole rings is 1. The minimum atomic E-state index is -1.23. The van der Waals surface area contributed by atoms with Crippen molar-refractivity contribution in [3.05, 3.63) is 67.6 Å². The van der Waals surface area contributed by atoms with E-state index in [0.717, 1.165) is 31.7 Å². The maximum atomic E-state index is 13.6. The van der Waals surface area contributed by atoms with Crippen LogP contribution in [0.1, 0.15) is 29.7 Å². The van der Waals surface area contributed by atoms with Crippen molar-refractivity contribution in [3.8, 4) is 11.5 Å². The summed E-state index contributed by atoms with van der Waals surface area (Å²) >= 11 is 8.60. The molecule has 4 aliphatic rings. The van der Waals surface area contributed by atoms with Crippen molar-refractivity contribution in [2.45, 2.75) is 35.6 Å². The van der Waals surface area contributed by atoms with Crippen LogP contribution in [-0.2, 0) is 19.2 Å². The number of aromatic amines is 1. The Bertz CT molecular complexity index is 1790. The number of nitrogens with zero attached hydrogens (tertiary/aromatic N) is 1. The summed E-state index contributed by atoms with van der Waals surface area (Å²) in [6.07, 6.45) is 0.682. The van der Waals surface area contributed by atoms with Gasteiger partial charge in [-0.15, -0.1) is 11.8 Å². The fourth-order valence-electron chi connectivity index (χ4n) is 7.78. The zero-order valence-electron chi connectivity index (χ0n) is 24.0. The summed E-state index contributed by atoms with van der Waals surface area (Å²) in [5, 5.41) is 13.6. The van der Waals surface area contributed by atoms with E-state index in [-0.39, 0.29) is 46.3 Å². The molecular formula is C31H28ClN3O8S2. The lowest BCUT2D eigenvalue weighted by Gasteiger charge is -2.43. The Hall–Kier alpha value is -3.81. The molecule has 3 amide bonds. The number of imide groups is 1. The first-order valence-corrected chi connectivity index (χ1v) is 16.5. The molecule has 7 rings (SSSR count). The molecule has 3 fully saturated rings. The first-order valence-electron chi connectivity index (χ1n) is 14.4. The fourth-order valence-corrected chi connectivity index (χ4v) is 10.8. The molecule has 3 N–H and O–H groups in total. The number of carbonyl (C=O) groups is 4. The molecule has 8 atom stereocenters. The van der Waals surface area contributed by atoms with Crippen LogP contribution >= 0.6 is 34.7 Å². The van der Waals surface area contributed by atoms with Crippen LogP contribution in [0, 0.1) is 29.6 Å². The Balaban J connectivity index is 1.18. The van der Waals surface area contributed by atoms with Crippen LogP contribution in [0.4, 0.5) is 5.69 Å². The highest BCUT2D eigenvalue weighted by atomic mass is 35.5. The number of nitrogens with one attached hydrogen (secondary N) is 2. The summed E-state index contributed by atoms with van der Waals surface area (Å²) in [6.45, 7) is 1.10. The average Bonchev–Trinajstić information content (AvgIpc) is 3.75.